The molecule has 1 aromatic rings. The smallest absolute Gasteiger partial charge is 0.231 e. The summed E-state index contributed by atoms with van der Waals surface area (Å²) < 4.78 is 10.6. The number of fused-ring (bicyclic) bond motifs is 3. The number of anilines is 1. The average Bonchev–Trinajstić information content (AvgIpc) is 3.07. The zero-order valence-corrected chi connectivity index (χ0v) is 13.0. The van der Waals surface area contributed by atoms with Crippen LogP contribution in [-0.4, -0.2) is 47.4 Å². The van der Waals surface area contributed by atoms with Crippen molar-refractivity contribution < 1.29 is 19.4 Å². The summed E-state index contributed by atoms with van der Waals surface area (Å²) in [6.07, 6.45) is 4.29. The number of aliphatic hydroxyl groups excluding tert-OH is 1. The molecular formula is C17H22N2O4. The SMILES string of the molecule is O=C(CCN1[C@@H]2CC[C@H]1CC(O)C2)Nc1ccc2c(c1)OCO2. The van der Waals surface area contributed by atoms with Gasteiger partial charge in [0.1, 0.15) is 0 Å². The predicted molar refractivity (Wildman–Crippen MR) is 84.6 cm³/mol. The number of carbonyl (C=O) groups excluding carboxylic acids is 1. The molecule has 2 fully saturated rings. The summed E-state index contributed by atoms with van der Waals surface area (Å²) in [7, 11) is 0. The van der Waals surface area contributed by atoms with Crippen molar-refractivity contribution in [2.75, 3.05) is 18.7 Å². The summed E-state index contributed by atoms with van der Waals surface area (Å²) in [6.45, 7) is 0.995. The molecule has 6 nitrogen and oxygen atoms in total. The number of hydrogen-bond acceptors (Lipinski definition) is 5. The first kappa shape index (κ1) is 14.8. The lowest BCUT2D eigenvalue weighted by Gasteiger charge is -2.36. The lowest BCUT2D eigenvalue weighted by atomic mass is 10.00. The zero-order chi connectivity index (χ0) is 15.8. The molecule has 0 spiro atoms. The van der Waals surface area contributed by atoms with E-state index in [9.17, 15) is 9.90 Å². The second kappa shape index (κ2) is 6.02. The van der Waals surface area contributed by atoms with Crippen LogP contribution in [-0.2, 0) is 4.79 Å². The van der Waals surface area contributed by atoms with Crippen molar-refractivity contribution in [2.24, 2.45) is 0 Å². The van der Waals surface area contributed by atoms with Gasteiger partial charge in [-0.3, -0.25) is 9.69 Å². The molecule has 0 radical (unpaired) electrons. The predicted octanol–water partition coefficient (Wildman–Crippen LogP) is 1.73. The summed E-state index contributed by atoms with van der Waals surface area (Å²) in [5, 5.41) is 12.7. The summed E-state index contributed by atoms with van der Waals surface area (Å²) in [6, 6.07) is 6.32. The van der Waals surface area contributed by atoms with Gasteiger partial charge in [0.05, 0.1) is 6.10 Å². The summed E-state index contributed by atoms with van der Waals surface area (Å²) >= 11 is 0. The minimum absolute atomic E-state index is 0.00869. The van der Waals surface area contributed by atoms with E-state index in [4.69, 9.17) is 9.47 Å². The van der Waals surface area contributed by atoms with Crippen LogP contribution < -0.4 is 14.8 Å². The van der Waals surface area contributed by atoms with Gasteiger partial charge in [0.15, 0.2) is 11.5 Å². The van der Waals surface area contributed by atoms with Gasteiger partial charge in [-0.1, -0.05) is 0 Å². The fourth-order valence-corrected chi connectivity index (χ4v) is 4.04. The average molecular weight is 318 g/mol. The summed E-state index contributed by atoms with van der Waals surface area (Å²) in [5.41, 5.74) is 0.733. The van der Waals surface area contributed by atoms with Gasteiger partial charge >= 0.3 is 0 Å². The van der Waals surface area contributed by atoms with Gasteiger partial charge in [-0.05, 0) is 37.8 Å². The minimum Gasteiger partial charge on any atom is -0.454 e. The number of nitrogens with zero attached hydrogens (tertiary/aromatic N) is 1. The fourth-order valence-electron chi connectivity index (χ4n) is 4.04. The van der Waals surface area contributed by atoms with E-state index in [-0.39, 0.29) is 18.8 Å². The van der Waals surface area contributed by atoms with Crippen LogP contribution >= 0.6 is 0 Å². The Morgan fingerprint density at radius 1 is 1.22 bits per heavy atom. The number of benzene rings is 1. The van der Waals surface area contributed by atoms with E-state index < -0.39 is 0 Å². The molecule has 6 heteroatoms. The lowest BCUT2D eigenvalue weighted by Crippen LogP contribution is -2.45. The molecule has 0 saturated carbocycles. The second-order valence-electron chi connectivity index (χ2n) is 6.61. The minimum atomic E-state index is -0.161. The van der Waals surface area contributed by atoms with Crippen LogP contribution in [0, 0.1) is 0 Å². The van der Waals surface area contributed by atoms with Gasteiger partial charge in [0.25, 0.3) is 0 Å². The van der Waals surface area contributed by atoms with E-state index >= 15 is 0 Å². The van der Waals surface area contributed by atoms with Crippen molar-refractivity contribution in [3.8, 4) is 11.5 Å². The standard InChI is InChI=1S/C17H22N2O4/c20-14-8-12-2-3-13(9-14)19(12)6-5-17(21)18-11-1-4-15-16(7-11)23-10-22-15/h1,4,7,12-14,20H,2-3,5-6,8-10H2,(H,18,21)/t12-,13+,14?. The van der Waals surface area contributed by atoms with Gasteiger partial charge in [0, 0.05) is 36.8 Å². The van der Waals surface area contributed by atoms with Gasteiger partial charge < -0.3 is 19.9 Å². The topological polar surface area (TPSA) is 71.0 Å². The molecule has 3 atom stereocenters. The van der Waals surface area contributed by atoms with Crippen molar-refractivity contribution in [1.82, 2.24) is 4.90 Å². The van der Waals surface area contributed by atoms with Crippen LogP contribution in [0.2, 0.25) is 0 Å². The van der Waals surface area contributed by atoms with Crippen LogP contribution in [0.5, 0.6) is 11.5 Å². The number of aliphatic hydroxyl groups is 1. The van der Waals surface area contributed by atoms with Crippen LogP contribution in [0.25, 0.3) is 0 Å². The second-order valence-corrected chi connectivity index (χ2v) is 6.61. The Morgan fingerprint density at radius 3 is 2.74 bits per heavy atom. The number of amides is 1. The molecule has 2 N–H and O–H groups in total. The van der Waals surface area contributed by atoms with E-state index in [0.29, 0.717) is 30.0 Å². The first-order valence-corrected chi connectivity index (χ1v) is 8.32. The van der Waals surface area contributed by atoms with Crippen LogP contribution in [0.1, 0.15) is 32.1 Å². The van der Waals surface area contributed by atoms with E-state index in [2.05, 4.69) is 10.2 Å². The highest BCUT2D eigenvalue weighted by atomic mass is 16.7. The molecule has 2 saturated heterocycles. The monoisotopic (exact) mass is 318 g/mol. The number of hydrogen-bond donors (Lipinski definition) is 2. The normalized spacial score (nSPS) is 28.8. The Hall–Kier alpha value is -1.79. The highest BCUT2D eigenvalue weighted by Gasteiger charge is 2.39. The summed E-state index contributed by atoms with van der Waals surface area (Å²) in [4.78, 5) is 14.6. The number of nitrogens with one attached hydrogen (secondary N) is 1. The lowest BCUT2D eigenvalue weighted by molar-refractivity contribution is -0.116. The highest BCUT2D eigenvalue weighted by molar-refractivity contribution is 5.91. The van der Waals surface area contributed by atoms with Gasteiger partial charge in [-0.25, -0.2) is 0 Å². The molecule has 1 aromatic carbocycles. The maximum atomic E-state index is 12.2. The molecule has 4 rings (SSSR count). The highest BCUT2D eigenvalue weighted by Crippen LogP contribution is 2.36. The Kier molecular flexibility index (Phi) is 3.87. The molecule has 0 aliphatic carbocycles. The van der Waals surface area contributed by atoms with E-state index in [1.54, 1.807) is 6.07 Å². The molecule has 1 amide bonds. The Labute approximate surface area is 135 Å². The van der Waals surface area contributed by atoms with Crippen molar-refractivity contribution in [3.05, 3.63) is 18.2 Å². The number of ether oxygens (including phenoxy) is 2. The van der Waals surface area contributed by atoms with Crippen LogP contribution in [0.4, 0.5) is 5.69 Å². The molecule has 3 heterocycles. The molecule has 1 unspecified atom stereocenters. The summed E-state index contributed by atoms with van der Waals surface area (Å²) in [5.74, 6) is 1.40. The maximum absolute atomic E-state index is 12.2. The number of rotatable bonds is 4. The van der Waals surface area contributed by atoms with Crippen molar-refractivity contribution in [3.63, 3.8) is 0 Å². The maximum Gasteiger partial charge on any atom is 0.231 e. The Bertz CT molecular complexity index is 592. The fraction of sp³-hybridized carbons (Fsp3) is 0.588. The quantitative estimate of drug-likeness (QED) is 0.885. The van der Waals surface area contributed by atoms with E-state index in [0.717, 1.165) is 37.9 Å². The van der Waals surface area contributed by atoms with Gasteiger partial charge in [0.2, 0.25) is 12.7 Å². The third-order valence-electron chi connectivity index (χ3n) is 5.11. The molecule has 0 aromatic heterocycles. The van der Waals surface area contributed by atoms with Crippen molar-refractivity contribution in [2.45, 2.75) is 50.3 Å². The molecule has 124 valence electrons. The van der Waals surface area contributed by atoms with E-state index in [1.807, 2.05) is 12.1 Å². The largest absolute Gasteiger partial charge is 0.454 e. The zero-order valence-electron chi connectivity index (χ0n) is 13.0. The van der Waals surface area contributed by atoms with Gasteiger partial charge in [-0.2, -0.15) is 0 Å². The first-order valence-electron chi connectivity index (χ1n) is 8.32. The Morgan fingerprint density at radius 2 is 1.96 bits per heavy atom. The Balaban J connectivity index is 1.31. The van der Waals surface area contributed by atoms with Crippen LogP contribution in [0.3, 0.4) is 0 Å². The van der Waals surface area contributed by atoms with Gasteiger partial charge in [-0.15, -0.1) is 0 Å². The third kappa shape index (κ3) is 3.01. The first-order chi connectivity index (χ1) is 11.2. The molecular weight excluding hydrogens is 296 g/mol. The number of carbonyl (C=O) groups is 1. The molecule has 3 aliphatic heterocycles. The molecule has 3 aliphatic rings. The third-order valence-corrected chi connectivity index (χ3v) is 5.11. The van der Waals surface area contributed by atoms with Crippen LogP contribution in [0.15, 0.2) is 18.2 Å². The van der Waals surface area contributed by atoms with E-state index in [1.165, 1.54) is 0 Å². The molecule has 23 heavy (non-hydrogen) atoms. The number of piperidine rings is 1. The van der Waals surface area contributed by atoms with Crippen molar-refractivity contribution >= 4 is 11.6 Å². The molecule has 2 bridgehead atoms. The van der Waals surface area contributed by atoms with Crippen molar-refractivity contribution in [1.29, 1.82) is 0 Å².